The molecule has 9 nitrogen and oxygen atoms in total. The van der Waals surface area contributed by atoms with Gasteiger partial charge in [0, 0.05) is 12.2 Å². The van der Waals surface area contributed by atoms with E-state index >= 15 is 0 Å². The van der Waals surface area contributed by atoms with E-state index in [1.807, 2.05) is 44.2 Å². The van der Waals surface area contributed by atoms with Crippen molar-refractivity contribution in [3.8, 4) is 5.75 Å². The van der Waals surface area contributed by atoms with Crippen LogP contribution in [0.2, 0.25) is 0 Å². The predicted molar refractivity (Wildman–Crippen MR) is 166 cm³/mol. The summed E-state index contributed by atoms with van der Waals surface area (Å²) < 4.78 is 17.8. The van der Waals surface area contributed by atoms with Crippen molar-refractivity contribution in [1.82, 2.24) is 4.90 Å². The Labute approximate surface area is 259 Å². The fraction of sp³-hybridized carbons (Fsp3) is 0.457. The number of rotatable bonds is 13. The molecular weight excluding hydrogens is 560 g/mol. The molecule has 3 saturated heterocycles. The Morgan fingerprint density at radius 3 is 2.48 bits per heavy atom. The summed E-state index contributed by atoms with van der Waals surface area (Å²) in [6.45, 7) is 11.3. The maximum Gasteiger partial charge on any atom is 0.312 e. The van der Waals surface area contributed by atoms with Gasteiger partial charge in [-0.25, -0.2) is 0 Å². The van der Waals surface area contributed by atoms with Crippen molar-refractivity contribution >= 4 is 23.5 Å². The van der Waals surface area contributed by atoms with Gasteiger partial charge in [-0.3, -0.25) is 14.4 Å². The van der Waals surface area contributed by atoms with Crippen LogP contribution in [-0.2, 0) is 30.3 Å². The lowest BCUT2D eigenvalue weighted by atomic mass is 9.62. The lowest BCUT2D eigenvalue weighted by Crippen LogP contribution is -2.59. The summed E-state index contributed by atoms with van der Waals surface area (Å²) >= 11 is 0. The van der Waals surface area contributed by atoms with Gasteiger partial charge in [-0.05, 0) is 61.9 Å². The first-order chi connectivity index (χ1) is 21.2. The molecule has 2 aromatic rings. The number of likely N-dealkylation sites (tertiary alicyclic amines) is 1. The zero-order valence-corrected chi connectivity index (χ0v) is 25.7. The molecule has 3 unspecified atom stereocenters. The number of aliphatic hydroxyl groups excluding tert-OH is 1. The predicted octanol–water partition coefficient (Wildman–Crippen LogP) is 3.95. The molecular formula is C35H42N2O7. The number of amides is 2. The lowest BCUT2D eigenvalue weighted by molar-refractivity contribution is -0.162. The Kier molecular flexibility index (Phi) is 9.00. The molecule has 1 N–H and O–H groups in total. The first-order valence-electron chi connectivity index (χ1n) is 15.2. The maximum atomic E-state index is 14.9. The van der Waals surface area contributed by atoms with E-state index < -0.39 is 41.1 Å². The number of nitrogens with zero attached hydrogens (tertiary/aromatic N) is 2. The molecule has 0 saturated carbocycles. The molecule has 0 aliphatic carbocycles. The van der Waals surface area contributed by atoms with Crippen molar-refractivity contribution in [2.75, 3.05) is 31.8 Å². The second-order valence-corrected chi connectivity index (χ2v) is 12.2. The second-order valence-electron chi connectivity index (χ2n) is 12.2. The van der Waals surface area contributed by atoms with Crippen LogP contribution in [0.15, 0.2) is 79.9 Å². The molecule has 3 heterocycles. The van der Waals surface area contributed by atoms with E-state index in [9.17, 15) is 19.5 Å². The first kappa shape index (κ1) is 31.5. The Bertz CT molecular complexity index is 1400. The molecule has 2 bridgehead atoms. The maximum absolute atomic E-state index is 14.9. The van der Waals surface area contributed by atoms with E-state index in [4.69, 9.17) is 14.2 Å². The van der Waals surface area contributed by atoms with Crippen molar-refractivity contribution in [1.29, 1.82) is 0 Å². The summed E-state index contributed by atoms with van der Waals surface area (Å²) in [5.74, 6) is -2.63. The van der Waals surface area contributed by atoms with E-state index in [2.05, 4.69) is 13.2 Å². The van der Waals surface area contributed by atoms with Crippen LogP contribution in [0.25, 0.3) is 0 Å². The Morgan fingerprint density at radius 1 is 1.16 bits per heavy atom. The van der Waals surface area contributed by atoms with Gasteiger partial charge in [-0.1, -0.05) is 49.4 Å². The number of benzene rings is 2. The fourth-order valence-corrected chi connectivity index (χ4v) is 7.54. The summed E-state index contributed by atoms with van der Waals surface area (Å²) in [4.78, 5) is 46.4. The second kappa shape index (κ2) is 12.6. The molecule has 3 aliphatic heterocycles. The van der Waals surface area contributed by atoms with Gasteiger partial charge in [0.15, 0.2) is 0 Å². The van der Waals surface area contributed by atoms with Gasteiger partial charge in [0.05, 0.1) is 37.9 Å². The number of ether oxygens (including phenoxy) is 3. The van der Waals surface area contributed by atoms with Gasteiger partial charge in [-0.15, -0.1) is 13.2 Å². The number of fused-ring (bicyclic) bond motifs is 1. The zero-order valence-electron chi connectivity index (χ0n) is 25.7. The molecule has 1 spiro atoms. The monoisotopic (exact) mass is 602 g/mol. The highest BCUT2D eigenvalue weighted by Gasteiger charge is 2.80. The molecule has 9 heteroatoms. The molecule has 2 amide bonds. The third-order valence-electron chi connectivity index (χ3n) is 9.69. The number of hydrogen-bond donors (Lipinski definition) is 1. The molecule has 0 radical (unpaired) electrons. The summed E-state index contributed by atoms with van der Waals surface area (Å²) in [6, 6.07) is 14.8. The van der Waals surface area contributed by atoms with Crippen LogP contribution in [0.4, 0.5) is 5.69 Å². The quantitative estimate of drug-likeness (QED) is 0.210. The number of hydrogen-bond acceptors (Lipinski definition) is 7. The van der Waals surface area contributed by atoms with Crippen molar-refractivity contribution in [2.45, 2.75) is 56.4 Å². The van der Waals surface area contributed by atoms with Crippen molar-refractivity contribution in [2.24, 2.45) is 17.8 Å². The molecule has 7 atom stereocenters. The number of carbonyl (C=O) groups is 3. The van der Waals surface area contributed by atoms with E-state index in [0.717, 1.165) is 5.56 Å². The molecule has 2 aromatic carbocycles. The SMILES string of the molecule is C=CCCOC(=O)[C@@H]1[C@H]2C(=O)N([C@@H](CO)Cc3ccccc3)C(C(=O)N(CC=C)c3ccc(OC)cc3)C23CC(C)[C@@]1(C)O3. The number of methoxy groups -OCH3 is 1. The van der Waals surface area contributed by atoms with Crippen LogP contribution in [0.1, 0.15) is 32.3 Å². The third-order valence-corrected chi connectivity index (χ3v) is 9.69. The standard InChI is InChI=1S/C35H42N2O7/c1-6-8-19-43-33(41)29-28-31(39)37(26(22-38)20-24-12-10-9-11-13-24)30(35(28)21-23(3)34(29,4)44-35)32(40)36(18-7-2)25-14-16-27(42-5)17-15-25/h6-7,9-17,23,26,28-30,38H,1-2,8,18-22H2,3-5H3/t23?,26-,28+,29+,30?,34-,35?/m1/s1. The summed E-state index contributed by atoms with van der Waals surface area (Å²) in [7, 11) is 1.57. The Morgan fingerprint density at radius 2 is 1.86 bits per heavy atom. The lowest BCUT2D eigenvalue weighted by Gasteiger charge is -2.39. The third kappa shape index (κ3) is 5.12. The Hall–Kier alpha value is -3.95. The normalized spacial score (nSPS) is 29.2. The molecule has 44 heavy (non-hydrogen) atoms. The number of aliphatic hydroxyl groups is 1. The minimum atomic E-state index is -1.29. The summed E-state index contributed by atoms with van der Waals surface area (Å²) in [6.07, 6.45) is 4.49. The van der Waals surface area contributed by atoms with Gasteiger partial charge in [-0.2, -0.15) is 0 Å². The molecule has 3 aliphatic rings. The van der Waals surface area contributed by atoms with Crippen molar-refractivity contribution in [3.63, 3.8) is 0 Å². The van der Waals surface area contributed by atoms with Crippen LogP contribution in [0, 0.1) is 17.8 Å². The fourth-order valence-electron chi connectivity index (χ4n) is 7.54. The highest BCUT2D eigenvalue weighted by Crippen LogP contribution is 2.65. The summed E-state index contributed by atoms with van der Waals surface area (Å²) in [5, 5.41) is 10.7. The van der Waals surface area contributed by atoms with Crippen molar-refractivity contribution < 1.29 is 33.7 Å². The molecule has 234 valence electrons. The minimum Gasteiger partial charge on any atom is -0.497 e. The average Bonchev–Trinajstić information content (AvgIpc) is 3.55. The Balaban J connectivity index is 1.62. The molecule has 3 fully saturated rings. The van der Waals surface area contributed by atoms with Gasteiger partial charge in [0.1, 0.15) is 23.3 Å². The smallest absolute Gasteiger partial charge is 0.312 e. The average molecular weight is 603 g/mol. The van der Waals surface area contributed by atoms with Crippen LogP contribution >= 0.6 is 0 Å². The van der Waals surface area contributed by atoms with Crippen LogP contribution in [0.3, 0.4) is 0 Å². The van der Waals surface area contributed by atoms with Crippen LogP contribution in [-0.4, -0.2) is 77.9 Å². The largest absolute Gasteiger partial charge is 0.497 e. The van der Waals surface area contributed by atoms with Crippen molar-refractivity contribution in [3.05, 3.63) is 85.5 Å². The van der Waals surface area contributed by atoms with E-state index in [-0.39, 0.29) is 37.5 Å². The molecule has 0 aromatic heterocycles. The number of carbonyl (C=O) groups excluding carboxylic acids is 3. The van der Waals surface area contributed by atoms with Crippen LogP contribution in [0.5, 0.6) is 5.75 Å². The number of esters is 1. The van der Waals surface area contributed by atoms with Gasteiger partial charge < -0.3 is 29.1 Å². The summed E-state index contributed by atoms with van der Waals surface area (Å²) in [5.41, 5.74) is -0.795. The van der Waals surface area contributed by atoms with Gasteiger partial charge >= 0.3 is 5.97 Å². The highest BCUT2D eigenvalue weighted by atomic mass is 16.6. The highest BCUT2D eigenvalue weighted by molar-refractivity contribution is 6.05. The first-order valence-corrected chi connectivity index (χ1v) is 15.2. The van der Waals surface area contributed by atoms with Gasteiger partial charge in [0.2, 0.25) is 5.91 Å². The van der Waals surface area contributed by atoms with Crippen LogP contribution < -0.4 is 9.64 Å². The van der Waals surface area contributed by atoms with E-state index in [1.165, 1.54) is 4.90 Å². The van der Waals surface area contributed by atoms with E-state index in [1.54, 1.807) is 48.4 Å². The topological polar surface area (TPSA) is 106 Å². The minimum absolute atomic E-state index is 0.140. The number of anilines is 1. The van der Waals surface area contributed by atoms with Gasteiger partial charge in [0.25, 0.3) is 5.91 Å². The van der Waals surface area contributed by atoms with E-state index in [0.29, 0.717) is 30.7 Å². The zero-order chi connectivity index (χ0) is 31.6. The molecule has 5 rings (SSSR count).